The number of anilines is 1. The predicted molar refractivity (Wildman–Crippen MR) is 76.4 cm³/mol. The summed E-state index contributed by atoms with van der Waals surface area (Å²) in [6.45, 7) is 0. The lowest BCUT2D eigenvalue weighted by Gasteiger charge is -2.21. The van der Waals surface area contributed by atoms with Crippen LogP contribution >= 0.6 is 0 Å². The molecule has 2 saturated heterocycles. The minimum absolute atomic E-state index is 0.304. The lowest BCUT2D eigenvalue weighted by atomic mass is 9.95. The van der Waals surface area contributed by atoms with Gasteiger partial charge < -0.3 is 10.1 Å². The highest BCUT2D eigenvalue weighted by Crippen LogP contribution is 2.36. The molecule has 0 amide bonds. The van der Waals surface area contributed by atoms with Gasteiger partial charge in [0.25, 0.3) is 0 Å². The Morgan fingerprint density at radius 2 is 2.20 bits per heavy atom. The fourth-order valence-electron chi connectivity index (χ4n) is 3.32. The molecule has 20 heavy (non-hydrogen) atoms. The molecule has 4 heteroatoms. The number of benzene rings is 1. The summed E-state index contributed by atoms with van der Waals surface area (Å²) < 4.78 is 5.85. The normalized spacial score (nSPS) is 27.6. The van der Waals surface area contributed by atoms with Crippen LogP contribution in [0.1, 0.15) is 24.8 Å². The number of nitrogens with zero attached hydrogens (tertiary/aromatic N) is 2. The van der Waals surface area contributed by atoms with Gasteiger partial charge in [-0.15, -0.1) is 0 Å². The Kier molecular flexibility index (Phi) is 2.61. The van der Waals surface area contributed by atoms with Gasteiger partial charge in [0.05, 0.1) is 35.4 Å². The van der Waals surface area contributed by atoms with Crippen molar-refractivity contribution in [3.05, 3.63) is 35.9 Å². The lowest BCUT2D eigenvalue weighted by Crippen LogP contribution is -2.30. The molecule has 1 N–H and O–H groups in total. The Hall–Kier alpha value is -2.12. The molecule has 3 heterocycles. The first-order valence-corrected chi connectivity index (χ1v) is 7.05. The molecule has 2 bridgehead atoms. The molecule has 4 nitrogen and oxygen atoms in total. The molecule has 2 aliphatic rings. The zero-order chi connectivity index (χ0) is 13.5. The van der Waals surface area contributed by atoms with E-state index in [0.29, 0.717) is 23.8 Å². The maximum atomic E-state index is 9.30. The van der Waals surface area contributed by atoms with Gasteiger partial charge in [-0.05, 0) is 31.4 Å². The fraction of sp³-hybridized carbons (Fsp3) is 0.375. The van der Waals surface area contributed by atoms with Gasteiger partial charge in [0, 0.05) is 5.39 Å². The number of nitrogens with one attached hydrogen (secondary N) is 1. The van der Waals surface area contributed by atoms with Crippen LogP contribution in [0, 0.1) is 11.3 Å². The molecule has 3 atom stereocenters. The summed E-state index contributed by atoms with van der Waals surface area (Å²) >= 11 is 0. The van der Waals surface area contributed by atoms with E-state index < -0.39 is 0 Å². The number of para-hydroxylation sites is 1. The average Bonchev–Trinajstić information content (AvgIpc) is 3.09. The van der Waals surface area contributed by atoms with Crippen molar-refractivity contribution >= 4 is 16.7 Å². The Labute approximate surface area is 117 Å². The second-order valence-electron chi connectivity index (χ2n) is 5.54. The van der Waals surface area contributed by atoms with Crippen LogP contribution < -0.4 is 5.32 Å². The monoisotopic (exact) mass is 265 g/mol. The maximum absolute atomic E-state index is 9.30. The Morgan fingerprint density at radius 1 is 1.30 bits per heavy atom. The minimum Gasteiger partial charge on any atom is -0.373 e. The maximum Gasteiger partial charge on any atom is 0.128 e. The average molecular weight is 265 g/mol. The Morgan fingerprint density at radius 3 is 2.95 bits per heavy atom. The molecule has 0 aliphatic carbocycles. The molecule has 0 spiro atoms. The zero-order valence-electron chi connectivity index (χ0n) is 11.0. The first-order chi connectivity index (χ1) is 9.83. The molecule has 0 radical (unpaired) electrons. The van der Waals surface area contributed by atoms with Crippen molar-refractivity contribution in [2.75, 3.05) is 5.32 Å². The predicted octanol–water partition coefficient (Wildman–Crippen LogP) is 2.84. The first kappa shape index (κ1) is 11.7. The lowest BCUT2D eigenvalue weighted by molar-refractivity contribution is 0.102. The summed E-state index contributed by atoms with van der Waals surface area (Å²) in [5.41, 5.74) is 1.53. The van der Waals surface area contributed by atoms with Crippen LogP contribution in [0.5, 0.6) is 0 Å². The van der Waals surface area contributed by atoms with Crippen LogP contribution in [0.4, 0.5) is 5.82 Å². The number of pyridine rings is 1. The highest BCUT2D eigenvalue weighted by Gasteiger charge is 2.40. The summed E-state index contributed by atoms with van der Waals surface area (Å²) in [4.78, 5) is 4.61. The second kappa shape index (κ2) is 4.46. The van der Waals surface area contributed by atoms with Gasteiger partial charge in [0.1, 0.15) is 5.82 Å². The molecule has 4 rings (SSSR count). The number of rotatable bonds is 2. The summed E-state index contributed by atoms with van der Waals surface area (Å²) in [7, 11) is 0. The van der Waals surface area contributed by atoms with Crippen molar-refractivity contribution in [3.8, 4) is 6.07 Å². The van der Waals surface area contributed by atoms with Crippen LogP contribution in [-0.4, -0.2) is 23.2 Å². The van der Waals surface area contributed by atoms with E-state index in [9.17, 15) is 5.26 Å². The van der Waals surface area contributed by atoms with Gasteiger partial charge in [0.2, 0.25) is 0 Å². The molecule has 2 aromatic rings. The van der Waals surface area contributed by atoms with Crippen LogP contribution in [-0.2, 0) is 4.74 Å². The smallest absolute Gasteiger partial charge is 0.128 e. The van der Waals surface area contributed by atoms with Crippen molar-refractivity contribution in [1.82, 2.24) is 4.98 Å². The van der Waals surface area contributed by atoms with E-state index in [0.717, 1.165) is 29.6 Å². The molecule has 100 valence electrons. The minimum atomic E-state index is 0.304. The van der Waals surface area contributed by atoms with Gasteiger partial charge in [0.15, 0.2) is 0 Å². The van der Waals surface area contributed by atoms with E-state index in [4.69, 9.17) is 4.74 Å². The standard InChI is InChI=1S/C16H15N3O/c17-9-10-7-16(18-13-4-2-1-3-12(10)13)19-14-8-11-5-6-15(14)20-11/h1-4,7,11,14-15H,5-6,8H2,(H,18,19). The molecule has 1 aromatic heterocycles. The number of ether oxygens (including phenoxy) is 1. The van der Waals surface area contributed by atoms with Crippen LogP contribution in [0.25, 0.3) is 10.9 Å². The van der Waals surface area contributed by atoms with Gasteiger partial charge in [-0.3, -0.25) is 0 Å². The molecule has 3 unspecified atom stereocenters. The zero-order valence-corrected chi connectivity index (χ0v) is 11.0. The van der Waals surface area contributed by atoms with Gasteiger partial charge >= 0.3 is 0 Å². The third-order valence-corrected chi connectivity index (χ3v) is 4.28. The third-order valence-electron chi connectivity index (χ3n) is 4.28. The van der Waals surface area contributed by atoms with E-state index in [1.165, 1.54) is 6.42 Å². The summed E-state index contributed by atoms with van der Waals surface area (Å²) in [5, 5.41) is 13.7. The SMILES string of the molecule is N#Cc1cc(NC2CC3CCC2O3)nc2ccccc12. The quantitative estimate of drug-likeness (QED) is 0.907. The Balaban J connectivity index is 1.68. The van der Waals surface area contributed by atoms with Crippen molar-refractivity contribution in [3.63, 3.8) is 0 Å². The van der Waals surface area contributed by atoms with Gasteiger partial charge in [-0.2, -0.15) is 5.26 Å². The van der Waals surface area contributed by atoms with Crippen LogP contribution in [0.3, 0.4) is 0 Å². The largest absolute Gasteiger partial charge is 0.373 e. The summed E-state index contributed by atoms with van der Waals surface area (Å²) in [5.74, 6) is 0.779. The van der Waals surface area contributed by atoms with Crippen molar-refractivity contribution in [2.45, 2.75) is 37.5 Å². The van der Waals surface area contributed by atoms with E-state index in [-0.39, 0.29) is 0 Å². The number of hydrogen-bond acceptors (Lipinski definition) is 4. The molecule has 2 fully saturated rings. The van der Waals surface area contributed by atoms with Crippen LogP contribution in [0.2, 0.25) is 0 Å². The van der Waals surface area contributed by atoms with E-state index >= 15 is 0 Å². The van der Waals surface area contributed by atoms with Crippen molar-refractivity contribution in [1.29, 1.82) is 5.26 Å². The van der Waals surface area contributed by atoms with E-state index in [2.05, 4.69) is 16.4 Å². The van der Waals surface area contributed by atoms with Gasteiger partial charge in [-0.25, -0.2) is 4.98 Å². The van der Waals surface area contributed by atoms with Crippen molar-refractivity contribution in [2.24, 2.45) is 0 Å². The van der Waals surface area contributed by atoms with Gasteiger partial charge in [-0.1, -0.05) is 18.2 Å². The molecular formula is C16H15N3O. The molecule has 0 saturated carbocycles. The fourth-order valence-corrected chi connectivity index (χ4v) is 3.32. The van der Waals surface area contributed by atoms with Crippen LogP contribution in [0.15, 0.2) is 30.3 Å². The third kappa shape index (κ3) is 1.83. The highest BCUT2D eigenvalue weighted by atomic mass is 16.5. The number of hydrogen-bond donors (Lipinski definition) is 1. The first-order valence-electron chi connectivity index (χ1n) is 7.05. The molecule has 1 aromatic carbocycles. The second-order valence-corrected chi connectivity index (χ2v) is 5.54. The number of nitriles is 1. The highest BCUT2D eigenvalue weighted by molar-refractivity contribution is 5.86. The summed E-state index contributed by atoms with van der Waals surface area (Å²) in [6.07, 6.45) is 4.06. The number of aromatic nitrogens is 1. The molecule has 2 aliphatic heterocycles. The number of fused-ring (bicyclic) bond motifs is 3. The van der Waals surface area contributed by atoms with Crippen molar-refractivity contribution < 1.29 is 4.74 Å². The topological polar surface area (TPSA) is 57.9 Å². The summed E-state index contributed by atoms with van der Waals surface area (Å²) in [6, 6.07) is 12.2. The van der Waals surface area contributed by atoms with E-state index in [1.807, 2.05) is 30.3 Å². The Bertz CT molecular complexity index is 706. The van der Waals surface area contributed by atoms with E-state index in [1.54, 1.807) is 0 Å². The molecular weight excluding hydrogens is 250 g/mol.